The second-order valence-corrected chi connectivity index (χ2v) is 2.88. The highest BCUT2D eigenvalue weighted by Crippen LogP contribution is 2.15. The maximum Gasteiger partial charge on any atom is 0.259 e. The standard InChI is InChI=1S/C7H6N2O4S/c10-1-3(2-11)4-5(12)8-7(14)9-6(4)13/h1-3H,(H3,8,9,12,13,14). The molecule has 0 aliphatic heterocycles. The maximum absolute atomic E-state index is 11.2. The van der Waals surface area contributed by atoms with Crippen LogP contribution in [-0.4, -0.2) is 27.6 Å². The monoisotopic (exact) mass is 214 g/mol. The molecule has 0 saturated carbocycles. The first-order valence-corrected chi connectivity index (χ1v) is 3.97. The Kier molecular flexibility index (Phi) is 2.92. The van der Waals surface area contributed by atoms with Crippen molar-refractivity contribution in [2.24, 2.45) is 0 Å². The van der Waals surface area contributed by atoms with E-state index in [1.165, 1.54) is 0 Å². The highest BCUT2D eigenvalue weighted by atomic mass is 32.1. The van der Waals surface area contributed by atoms with Crippen molar-refractivity contribution >= 4 is 24.8 Å². The summed E-state index contributed by atoms with van der Waals surface area (Å²) in [5, 5.41) is 9.24. The van der Waals surface area contributed by atoms with Crippen molar-refractivity contribution < 1.29 is 14.7 Å². The van der Waals surface area contributed by atoms with Gasteiger partial charge in [0.15, 0.2) is 4.77 Å². The van der Waals surface area contributed by atoms with E-state index in [0.717, 1.165) is 0 Å². The van der Waals surface area contributed by atoms with Crippen LogP contribution in [-0.2, 0) is 9.59 Å². The number of aromatic hydroxyl groups is 1. The summed E-state index contributed by atoms with van der Waals surface area (Å²) >= 11 is 4.56. The molecule has 1 heterocycles. The molecule has 3 N–H and O–H groups in total. The molecule has 0 aliphatic carbocycles. The van der Waals surface area contributed by atoms with Crippen LogP contribution in [0.1, 0.15) is 11.5 Å². The van der Waals surface area contributed by atoms with E-state index < -0.39 is 17.4 Å². The average molecular weight is 214 g/mol. The quantitative estimate of drug-likeness (QED) is 0.361. The number of carbonyl (C=O) groups excluding carboxylic acids is 2. The topological polar surface area (TPSA) is 103 Å². The Morgan fingerprint density at radius 2 is 1.86 bits per heavy atom. The lowest BCUT2D eigenvalue weighted by Gasteiger charge is -2.03. The van der Waals surface area contributed by atoms with Crippen LogP contribution in [0.3, 0.4) is 0 Å². The van der Waals surface area contributed by atoms with Crippen LogP contribution in [0, 0.1) is 4.77 Å². The second kappa shape index (κ2) is 3.97. The summed E-state index contributed by atoms with van der Waals surface area (Å²) in [6.07, 6.45) is 0.516. The predicted molar refractivity (Wildman–Crippen MR) is 48.8 cm³/mol. The highest BCUT2D eigenvalue weighted by Gasteiger charge is 2.18. The molecule has 1 aromatic heterocycles. The number of hydrogen-bond donors (Lipinski definition) is 3. The minimum absolute atomic E-state index is 0.0770. The van der Waals surface area contributed by atoms with Gasteiger partial charge in [-0.25, -0.2) is 0 Å². The van der Waals surface area contributed by atoms with Crippen LogP contribution in [0.2, 0.25) is 0 Å². The molecule has 0 aliphatic rings. The minimum atomic E-state index is -1.29. The van der Waals surface area contributed by atoms with Gasteiger partial charge in [-0.05, 0) is 12.2 Å². The number of carbonyl (C=O) groups is 2. The number of rotatable bonds is 3. The van der Waals surface area contributed by atoms with E-state index >= 15 is 0 Å². The summed E-state index contributed by atoms with van der Waals surface area (Å²) in [5.74, 6) is -1.85. The number of aromatic amines is 2. The highest BCUT2D eigenvalue weighted by molar-refractivity contribution is 7.71. The SMILES string of the molecule is O=CC(C=O)c1c(O)[nH]c(=S)[nH]c1=O. The Balaban J connectivity index is 3.48. The Bertz CT molecular complexity index is 467. The Labute approximate surface area is 82.6 Å². The van der Waals surface area contributed by atoms with E-state index in [1.807, 2.05) is 0 Å². The van der Waals surface area contributed by atoms with E-state index in [2.05, 4.69) is 22.2 Å². The average Bonchev–Trinajstić information content (AvgIpc) is 2.10. The van der Waals surface area contributed by atoms with Crippen LogP contribution in [0.4, 0.5) is 0 Å². The van der Waals surface area contributed by atoms with Gasteiger partial charge >= 0.3 is 0 Å². The van der Waals surface area contributed by atoms with Gasteiger partial charge in [0.05, 0.1) is 5.56 Å². The van der Waals surface area contributed by atoms with E-state index in [4.69, 9.17) is 0 Å². The molecule has 0 amide bonds. The van der Waals surface area contributed by atoms with E-state index in [9.17, 15) is 19.5 Å². The van der Waals surface area contributed by atoms with Crippen molar-refractivity contribution in [2.75, 3.05) is 0 Å². The fourth-order valence-corrected chi connectivity index (χ4v) is 1.15. The molecule has 1 aromatic rings. The van der Waals surface area contributed by atoms with Gasteiger partial charge in [0.25, 0.3) is 5.56 Å². The number of H-pyrrole nitrogens is 2. The summed E-state index contributed by atoms with van der Waals surface area (Å²) in [5.41, 5.74) is -1.08. The lowest BCUT2D eigenvalue weighted by molar-refractivity contribution is -0.116. The van der Waals surface area contributed by atoms with Crippen molar-refractivity contribution in [1.82, 2.24) is 9.97 Å². The van der Waals surface area contributed by atoms with Gasteiger partial charge in [-0.3, -0.25) is 9.78 Å². The fraction of sp³-hybridized carbons (Fsp3) is 0.143. The Morgan fingerprint density at radius 1 is 1.29 bits per heavy atom. The first-order valence-electron chi connectivity index (χ1n) is 3.56. The van der Waals surface area contributed by atoms with Gasteiger partial charge < -0.3 is 19.7 Å². The number of aromatic nitrogens is 2. The summed E-state index contributed by atoms with van der Waals surface area (Å²) in [6.45, 7) is 0. The third kappa shape index (κ3) is 1.77. The van der Waals surface area contributed by atoms with Crippen molar-refractivity contribution in [3.8, 4) is 5.88 Å². The summed E-state index contributed by atoms with van der Waals surface area (Å²) in [6, 6.07) is 0. The lowest BCUT2D eigenvalue weighted by Crippen LogP contribution is -2.19. The number of aldehydes is 2. The molecule has 0 saturated heterocycles. The van der Waals surface area contributed by atoms with Crippen LogP contribution in [0.15, 0.2) is 4.79 Å². The van der Waals surface area contributed by atoms with Gasteiger partial charge in [-0.15, -0.1) is 0 Å². The largest absolute Gasteiger partial charge is 0.494 e. The fourth-order valence-electron chi connectivity index (χ4n) is 0.962. The van der Waals surface area contributed by atoms with Crippen molar-refractivity contribution in [2.45, 2.75) is 5.92 Å². The van der Waals surface area contributed by atoms with Crippen molar-refractivity contribution in [1.29, 1.82) is 0 Å². The van der Waals surface area contributed by atoms with Gasteiger partial charge in [-0.1, -0.05) is 0 Å². The van der Waals surface area contributed by atoms with Crippen molar-refractivity contribution in [3.05, 3.63) is 20.7 Å². The molecule has 0 spiro atoms. The summed E-state index contributed by atoms with van der Waals surface area (Å²) in [7, 11) is 0. The van der Waals surface area contributed by atoms with Crippen molar-refractivity contribution in [3.63, 3.8) is 0 Å². The predicted octanol–water partition coefficient (Wildman–Crippen LogP) is -0.381. The first-order chi connectivity index (χ1) is 6.60. The Morgan fingerprint density at radius 3 is 2.29 bits per heavy atom. The molecule has 0 atom stereocenters. The second-order valence-electron chi connectivity index (χ2n) is 2.47. The zero-order valence-electron chi connectivity index (χ0n) is 6.81. The third-order valence-corrected chi connectivity index (χ3v) is 1.79. The molecule has 0 unspecified atom stereocenters. The molecule has 0 radical (unpaired) electrons. The molecule has 6 nitrogen and oxygen atoms in total. The van der Waals surface area contributed by atoms with E-state index in [-0.39, 0.29) is 22.9 Å². The molecule has 7 heteroatoms. The van der Waals surface area contributed by atoms with Gasteiger partial charge in [0.2, 0.25) is 5.88 Å². The first kappa shape index (κ1) is 10.3. The van der Waals surface area contributed by atoms with Gasteiger partial charge in [0.1, 0.15) is 18.5 Å². The Hall–Kier alpha value is -1.76. The number of hydrogen-bond acceptors (Lipinski definition) is 5. The van der Waals surface area contributed by atoms with Gasteiger partial charge in [-0.2, -0.15) is 0 Å². The van der Waals surface area contributed by atoms with Crippen LogP contribution in [0.5, 0.6) is 5.88 Å². The molecular formula is C7H6N2O4S. The number of nitrogens with one attached hydrogen (secondary N) is 2. The smallest absolute Gasteiger partial charge is 0.259 e. The maximum atomic E-state index is 11.2. The van der Waals surface area contributed by atoms with E-state index in [0.29, 0.717) is 0 Å². The lowest BCUT2D eigenvalue weighted by atomic mass is 10.1. The zero-order chi connectivity index (χ0) is 10.7. The molecule has 0 aromatic carbocycles. The molecule has 1 rings (SSSR count). The summed E-state index contributed by atoms with van der Waals surface area (Å²) < 4.78 is -0.0770. The summed E-state index contributed by atoms with van der Waals surface area (Å²) in [4.78, 5) is 36.4. The zero-order valence-corrected chi connectivity index (χ0v) is 7.63. The normalized spacial score (nSPS) is 10.1. The molecular weight excluding hydrogens is 208 g/mol. The third-order valence-electron chi connectivity index (χ3n) is 1.59. The van der Waals surface area contributed by atoms with Gasteiger partial charge in [0, 0.05) is 0 Å². The van der Waals surface area contributed by atoms with E-state index in [1.54, 1.807) is 0 Å². The van der Waals surface area contributed by atoms with Crippen LogP contribution >= 0.6 is 12.2 Å². The molecule has 14 heavy (non-hydrogen) atoms. The molecule has 74 valence electrons. The minimum Gasteiger partial charge on any atom is -0.494 e. The van der Waals surface area contributed by atoms with Crippen LogP contribution < -0.4 is 5.56 Å². The molecule has 0 fully saturated rings. The molecule has 0 bridgehead atoms. The van der Waals surface area contributed by atoms with Crippen LogP contribution in [0.25, 0.3) is 0 Å².